The van der Waals surface area contributed by atoms with Crippen LogP contribution in [0.25, 0.3) is 10.6 Å². The van der Waals surface area contributed by atoms with Gasteiger partial charge in [-0.3, -0.25) is 4.79 Å². The van der Waals surface area contributed by atoms with Gasteiger partial charge >= 0.3 is 0 Å². The monoisotopic (exact) mass is 257 g/mol. The molecule has 2 aromatic rings. The lowest BCUT2D eigenvalue weighted by molar-refractivity contribution is 0.102. The lowest BCUT2D eigenvalue weighted by atomic mass is 10.2. The Morgan fingerprint density at radius 2 is 1.82 bits per heavy atom. The summed E-state index contributed by atoms with van der Waals surface area (Å²) >= 11 is 1.00. The topological polar surface area (TPSA) is 30.0 Å². The van der Waals surface area contributed by atoms with Crippen LogP contribution in [0.4, 0.5) is 13.2 Å². The smallest absolute Gasteiger partial charge is 0.194 e. The van der Waals surface area contributed by atoms with Gasteiger partial charge in [0.05, 0.1) is 4.88 Å². The second-order valence-corrected chi connectivity index (χ2v) is 4.37. The number of nitrogens with zero attached hydrogens (tertiary/aromatic N) is 1. The molecule has 0 fully saturated rings. The Hall–Kier alpha value is -1.69. The molecule has 2 nitrogen and oxygen atoms in total. The maximum atomic E-state index is 13.0. The fourth-order valence-electron chi connectivity index (χ4n) is 1.25. The van der Waals surface area contributed by atoms with Crippen LogP contribution >= 0.6 is 11.3 Å². The zero-order valence-corrected chi connectivity index (χ0v) is 9.45. The molecule has 0 aliphatic heterocycles. The first-order chi connectivity index (χ1) is 7.99. The number of carbonyl (C=O) groups excluding carboxylic acids is 1. The third-order valence-corrected chi connectivity index (χ3v) is 3.23. The average Bonchev–Trinajstić information content (AvgIpc) is 2.74. The first-order valence-corrected chi connectivity index (χ1v) is 5.42. The maximum absolute atomic E-state index is 13.0. The van der Waals surface area contributed by atoms with Gasteiger partial charge in [-0.2, -0.15) is 0 Å². The first kappa shape index (κ1) is 11.8. The number of hydrogen-bond acceptors (Lipinski definition) is 3. The molecule has 0 atom stereocenters. The van der Waals surface area contributed by atoms with Gasteiger partial charge in [0.25, 0.3) is 0 Å². The predicted octanol–water partition coefficient (Wildman–Crippen LogP) is 3.43. The number of halogens is 3. The molecule has 0 radical (unpaired) electrons. The number of benzene rings is 1. The summed E-state index contributed by atoms with van der Waals surface area (Å²) in [5.41, 5.74) is 0.110. The summed E-state index contributed by atoms with van der Waals surface area (Å²) in [5.74, 6) is -4.26. The molecular weight excluding hydrogens is 251 g/mol. The fourth-order valence-corrected chi connectivity index (χ4v) is 2.05. The van der Waals surface area contributed by atoms with Crippen molar-refractivity contribution >= 4 is 17.1 Å². The Morgan fingerprint density at radius 1 is 1.24 bits per heavy atom. The Morgan fingerprint density at radius 3 is 2.29 bits per heavy atom. The van der Waals surface area contributed by atoms with Gasteiger partial charge in [0.1, 0.15) is 5.01 Å². The predicted molar refractivity (Wildman–Crippen MR) is 57.4 cm³/mol. The second kappa shape index (κ2) is 4.29. The van der Waals surface area contributed by atoms with Crippen LogP contribution < -0.4 is 0 Å². The van der Waals surface area contributed by atoms with E-state index in [1.165, 1.54) is 13.1 Å². The van der Waals surface area contributed by atoms with Crippen LogP contribution in [0, 0.1) is 17.5 Å². The zero-order chi connectivity index (χ0) is 12.6. The Bertz CT molecular complexity index is 571. The Kier molecular flexibility index (Phi) is 2.97. The van der Waals surface area contributed by atoms with Gasteiger partial charge in [0, 0.05) is 18.7 Å². The summed E-state index contributed by atoms with van der Waals surface area (Å²) in [6.07, 6.45) is 1.32. The zero-order valence-electron chi connectivity index (χ0n) is 8.63. The molecule has 0 unspecified atom stereocenters. The van der Waals surface area contributed by atoms with E-state index in [-0.39, 0.29) is 16.4 Å². The standard InChI is InChI=1S/C11H6F3NOS/c1-5(16)9-4-15-11(17-9)6-2-7(12)10(14)8(13)3-6/h2-4H,1H3. The molecule has 0 saturated carbocycles. The summed E-state index contributed by atoms with van der Waals surface area (Å²) in [6, 6.07) is 1.70. The van der Waals surface area contributed by atoms with E-state index < -0.39 is 17.5 Å². The van der Waals surface area contributed by atoms with Gasteiger partial charge in [0.2, 0.25) is 0 Å². The minimum atomic E-state index is -1.52. The summed E-state index contributed by atoms with van der Waals surface area (Å²) < 4.78 is 38.7. The highest BCUT2D eigenvalue weighted by atomic mass is 32.1. The quantitative estimate of drug-likeness (QED) is 0.609. The van der Waals surface area contributed by atoms with E-state index in [1.807, 2.05) is 0 Å². The third-order valence-electron chi connectivity index (χ3n) is 2.08. The molecule has 88 valence electrons. The van der Waals surface area contributed by atoms with E-state index in [9.17, 15) is 18.0 Å². The van der Waals surface area contributed by atoms with Crippen LogP contribution in [-0.4, -0.2) is 10.8 Å². The summed E-state index contributed by atoms with van der Waals surface area (Å²) in [6.45, 7) is 1.36. The van der Waals surface area contributed by atoms with E-state index in [0.717, 1.165) is 23.5 Å². The molecule has 6 heteroatoms. The average molecular weight is 257 g/mol. The van der Waals surface area contributed by atoms with Crippen LogP contribution in [0.5, 0.6) is 0 Å². The van der Waals surface area contributed by atoms with Crippen molar-refractivity contribution in [2.45, 2.75) is 6.92 Å². The highest BCUT2D eigenvalue weighted by Gasteiger charge is 2.14. The van der Waals surface area contributed by atoms with Crippen molar-refractivity contribution in [3.63, 3.8) is 0 Å². The summed E-state index contributed by atoms with van der Waals surface area (Å²) in [4.78, 5) is 15.3. The molecule has 0 N–H and O–H groups in total. The molecule has 0 aliphatic rings. The van der Waals surface area contributed by atoms with Crippen LogP contribution in [0.2, 0.25) is 0 Å². The van der Waals surface area contributed by atoms with Gasteiger partial charge in [0.15, 0.2) is 23.2 Å². The van der Waals surface area contributed by atoms with E-state index >= 15 is 0 Å². The Labute approximate surface area is 98.7 Å². The summed E-state index contributed by atoms with van der Waals surface area (Å²) in [5, 5.41) is 0.271. The largest absolute Gasteiger partial charge is 0.294 e. The van der Waals surface area contributed by atoms with Crippen molar-refractivity contribution in [3.05, 3.63) is 40.7 Å². The van der Waals surface area contributed by atoms with E-state index in [1.54, 1.807) is 0 Å². The lowest BCUT2D eigenvalue weighted by Crippen LogP contribution is -1.91. The number of carbonyl (C=O) groups is 1. The molecule has 1 aromatic carbocycles. The maximum Gasteiger partial charge on any atom is 0.194 e. The van der Waals surface area contributed by atoms with Crippen LogP contribution in [-0.2, 0) is 0 Å². The molecule has 17 heavy (non-hydrogen) atoms. The minimum Gasteiger partial charge on any atom is -0.294 e. The van der Waals surface area contributed by atoms with Gasteiger partial charge < -0.3 is 0 Å². The number of aromatic nitrogens is 1. The van der Waals surface area contributed by atoms with Crippen LogP contribution in [0.1, 0.15) is 16.6 Å². The van der Waals surface area contributed by atoms with Crippen LogP contribution in [0.15, 0.2) is 18.3 Å². The van der Waals surface area contributed by atoms with Crippen LogP contribution in [0.3, 0.4) is 0 Å². The number of thiazole rings is 1. The highest BCUT2D eigenvalue weighted by Crippen LogP contribution is 2.27. The van der Waals surface area contributed by atoms with Crippen molar-refractivity contribution in [1.82, 2.24) is 4.98 Å². The molecule has 1 aromatic heterocycles. The molecule has 0 spiro atoms. The van der Waals surface area contributed by atoms with Crippen molar-refractivity contribution in [2.75, 3.05) is 0 Å². The SMILES string of the molecule is CC(=O)c1cnc(-c2cc(F)c(F)c(F)c2)s1. The second-order valence-electron chi connectivity index (χ2n) is 3.34. The van der Waals surface area contributed by atoms with Crippen molar-refractivity contribution in [3.8, 4) is 10.6 Å². The van der Waals surface area contributed by atoms with Gasteiger partial charge in [-0.1, -0.05) is 0 Å². The minimum absolute atomic E-state index is 0.110. The molecule has 0 amide bonds. The molecule has 1 heterocycles. The van der Waals surface area contributed by atoms with Gasteiger partial charge in [-0.05, 0) is 12.1 Å². The fraction of sp³-hybridized carbons (Fsp3) is 0.0909. The van der Waals surface area contributed by atoms with Gasteiger partial charge in [-0.25, -0.2) is 18.2 Å². The van der Waals surface area contributed by atoms with E-state index in [4.69, 9.17) is 0 Å². The van der Waals surface area contributed by atoms with Gasteiger partial charge in [-0.15, -0.1) is 11.3 Å². The number of rotatable bonds is 2. The molecule has 2 rings (SSSR count). The summed E-state index contributed by atoms with van der Waals surface area (Å²) in [7, 11) is 0. The highest BCUT2D eigenvalue weighted by molar-refractivity contribution is 7.16. The third kappa shape index (κ3) is 2.21. The Balaban J connectivity index is 2.49. The van der Waals surface area contributed by atoms with Crippen molar-refractivity contribution < 1.29 is 18.0 Å². The normalized spacial score (nSPS) is 10.6. The molecule has 0 saturated heterocycles. The van der Waals surface area contributed by atoms with Crippen molar-refractivity contribution in [2.24, 2.45) is 0 Å². The molecule has 0 aliphatic carbocycles. The lowest BCUT2D eigenvalue weighted by Gasteiger charge is -1.99. The van der Waals surface area contributed by atoms with E-state index in [0.29, 0.717) is 4.88 Å². The first-order valence-electron chi connectivity index (χ1n) is 4.60. The number of hydrogen-bond donors (Lipinski definition) is 0. The number of Topliss-reactive ketones (excluding diaryl/α,β-unsaturated/α-hetero) is 1. The molecular formula is C11H6F3NOS. The molecule has 0 bridgehead atoms. The number of ketones is 1. The van der Waals surface area contributed by atoms with Crippen molar-refractivity contribution in [1.29, 1.82) is 0 Å². The van der Waals surface area contributed by atoms with E-state index in [2.05, 4.69) is 4.98 Å².